The molecule has 1 aliphatic rings. The number of aryl methyl sites for hydroxylation is 1. The van der Waals surface area contributed by atoms with E-state index in [2.05, 4.69) is 85.7 Å². The lowest BCUT2D eigenvalue weighted by Crippen LogP contribution is -2.32. The Kier molecular flexibility index (Phi) is 17.5. The number of methoxy groups -OCH3 is 1. The first kappa shape index (κ1) is 45.6. The van der Waals surface area contributed by atoms with Gasteiger partial charge in [0.15, 0.2) is 5.60 Å². The Labute approximate surface area is 366 Å². The molecule has 2 heterocycles. The molecule has 1 atom stereocenters. The molecule has 4 aromatic carbocycles. The standard InChI is InChI=1S/C54H72N2O5/c1-6-9-10-11-12-13-14-15-16-17-18-19-20-21-22-27-38-56-42(4)52(47-29-24-26-31-50(47)56)54(48-30-25-23-28-46(48)53(57)61-54)49-37-32-43(55(7-2)8-3)41-51(49)60-40-39-59-45-35-33-44(58-5)34-36-45/h23-26,28-37,41H,6-22,27,38-40H2,1-5H3. The minimum atomic E-state index is -1.23. The third-order valence-electron chi connectivity index (χ3n) is 12.7. The number of hydrogen-bond donors (Lipinski definition) is 0. The summed E-state index contributed by atoms with van der Waals surface area (Å²) in [6.07, 6.45) is 21.6. The van der Waals surface area contributed by atoms with Crippen LogP contribution in [0.5, 0.6) is 17.2 Å². The van der Waals surface area contributed by atoms with Gasteiger partial charge in [-0.2, -0.15) is 0 Å². The molecule has 0 N–H and O–H groups in total. The molecule has 7 heteroatoms. The third-order valence-corrected chi connectivity index (χ3v) is 12.7. The molecule has 1 aromatic heterocycles. The van der Waals surface area contributed by atoms with Crippen molar-refractivity contribution in [1.29, 1.82) is 0 Å². The van der Waals surface area contributed by atoms with Crippen molar-refractivity contribution in [3.05, 3.63) is 119 Å². The van der Waals surface area contributed by atoms with E-state index in [4.69, 9.17) is 18.9 Å². The van der Waals surface area contributed by atoms with Gasteiger partial charge in [-0.1, -0.05) is 140 Å². The molecule has 6 rings (SSSR count). The van der Waals surface area contributed by atoms with E-state index in [1.54, 1.807) is 7.11 Å². The molecule has 0 bridgehead atoms. The first-order valence-electron chi connectivity index (χ1n) is 23.7. The van der Waals surface area contributed by atoms with E-state index in [1.807, 2.05) is 42.5 Å². The number of esters is 1. The number of nitrogens with zero attached hydrogens (tertiary/aromatic N) is 2. The molecule has 0 saturated heterocycles. The summed E-state index contributed by atoms with van der Waals surface area (Å²) in [7, 11) is 1.65. The summed E-state index contributed by atoms with van der Waals surface area (Å²) in [5, 5.41) is 1.09. The predicted octanol–water partition coefficient (Wildman–Crippen LogP) is 14.0. The van der Waals surface area contributed by atoms with Crippen molar-refractivity contribution < 1.29 is 23.7 Å². The maximum absolute atomic E-state index is 14.1. The predicted molar refractivity (Wildman–Crippen MR) is 252 cm³/mol. The van der Waals surface area contributed by atoms with E-state index >= 15 is 0 Å². The number of anilines is 1. The number of ether oxygens (including phenoxy) is 4. The van der Waals surface area contributed by atoms with Crippen LogP contribution in [0.4, 0.5) is 5.69 Å². The number of rotatable bonds is 28. The van der Waals surface area contributed by atoms with Gasteiger partial charge in [-0.25, -0.2) is 4.79 Å². The van der Waals surface area contributed by atoms with E-state index < -0.39 is 5.60 Å². The number of benzene rings is 4. The highest BCUT2D eigenvalue weighted by Crippen LogP contribution is 2.53. The van der Waals surface area contributed by atoms with E-state index in [0.29, 0.717) is 24.5 Å². The lowest BCUT2D eigenvalue weighted by atomic mass is 9.78. The SMILES string of the molecule is CCCCCCCCCCCCCCCCCCn1c(C)c(C2(c3ccc(N(CC)CC)cc3OCCOc3ccc(OC)cc3)OC(=O)c3ccccc32)c2ccccc21. The van der Waals surface area contributed by atoms with Crippen LogP contribution in [-0.2, 0) is 16.9 Å². The topological polar surface area (TPSA) is 62.2 Å². The number of carbonyl (C=O) groups excluding carboxylic acids is 1. The van der Waals surface area contributed by atoms with Crippen LogP contribution in [0.2, 0.25) is 0 Å². The second-order valence-corrected chi connectivity index (χ2v) is 16.8. The molecule has 1 unspecified atom stereocenters. The maximum Gasteiger partial charge on any atom is 0.340 e. The van der Waals surface area contributed by atoms with Crippen molar-refractivity contribution in [3.63, 3.8) is 0 Å². The number of para-hydroxylation sites is 1. The third kappa shape index (κ3) is 11.1. The summed E-state index contributed by atoms with van der Waals surface area (Å²) in [6.45, 7) is 12.1. The molecule has 0 spiro atoms. The van der Waals surface area contributed by atoms with E-state index in [1.165, 1.54) is 96.3 Å². The van der Waals surface area contributed by atoms with Crippen molar-refractivity contribution in [1.82, 2.24) is 4.57 Å². The summed E-state index contributed by atoms with van der Waals surface area (Å²) >= 11 is 0. The first-order chi connectivity index (χ1) is 30.0. The molecule has 328 valence electrons. The van der Waals surface area contributed by atoms with Crippen LogP contribution in [0.25, 0.3) is 10.9 Å². The lowest BCUT2D eigenvalue weighted by Gasteiger charge is -2.33. The molecule has 7 nitrogen and oxygen atoms in total. The van der Waals surface area contributed by atoms with Gasteiger partial charge in [0.1, 0.15) is 30.5 Å². The number of unbranched alkanes of at least 4 members (excludes halogenated alkanes) is 15. The van der Waals surface area contributed by atoms with E-state index in [9.17, 15) is 4.79 Å². The average Bonchev–Trinajstić information content (AvgIpc) is 3.75. The van der Waals surface area contributed by atoms with E-state index in [0.717, 1.165) is 76.5 Å². The summed E-state index contributed by atoms with van der Waals surface area (Å²) < 4.78 is 27.5. The fraction of sp³-hybridized carbons (Fsp3) is 0.500. The van der Waals surface area contributed by atoms with Gasteiger partial charge in [0.2, 0.25) is 0 Å². The zero-order chi connectivity index (χ0) is 42.9. The summed E-state index contributed by atoms with van der Waals surface area (Å²) in [4.78, 5) is 16.4. The van der Waals surface area contributed by atoms with Crippen molar-refractivity contribution >= 4 is 22.6 Å². The van der Waals surface area contributed by atoms with Crippen LogP contribution in [-0.4, -0.2) is 43.9 Å². The lowest BCUT2D eigenvalue weighted by molar-refractivity contribution is 0.0244. The van der Waals surface area contributed by atoms with Crippen LogP contribution in [0.1, 0.15) is 156 Å². The summed E-state index contributed by atoms with van der Waals surface area (Å²) in [6, 6.07) is 30.4. The fourth-order valence-corrected chi connectivity index (χ4v) is 9.41. The molecule has 5 aromatic rings. The van der Waals surface area contributed by atoms with Crippen molar-refractivity contribution in [2.75, 3.05) is 38.3 Å². The van der Waals surface area contributed by atoms with Gasteiger partial charge in [-0.05, 0) is 75.7 Å². The number of cyclic esters (lactones) is 1. The zero-order valence-electron chi connectivity index (χ0n) is 37.9. The van der Waals surface area contributed by atoms with Crippen LogP contribution >= 0.6 is 0 Å². The van der Waals surface area contributed by atoms with Crippen LogP contribution in [0.15, 0.2) is 91.0 Å². The minimum absolute atomic E-state index is 0.298. The van der Waals surface area contributed by atoms with Crippen LogP contribution in [0, 0.1) is 6.92 Å². The molecule has 0 amide bonds. The summed E-state index contributed by atoms with van der Waals surface area (Å²) in [5.41, 5.74) is 5.30. The Bertz CT molecular complexity index is 2100. The van der Waals surface area contributed by atoms with Crippen molar-refractivity contribution in [2.45, 2.75) is 143 Å². The molecular formula is C54H72N2O5. The average molecular weight is 829 g/mol. The van der Waals surface area contributed by atoms with Gasteiger partial charge in [-0.3, -0.25) is 0 Å². The van der Waals surface area contributed by atoms with Gasteiger partial charge >= 0.3 is 5.97 Å². The quantitative estimate of drug-likeness (QED) is 0.0370. The number of carbonyl (C=O) groups is 1. The first-order valence-corrected chi connectivity index (χ1v) is 23.7. The molecule has 0 radical (unpaired) electrons. The number of fused-ring (bicyclic) bond motifs is 2. The summed E-state index contributed by atoms with van der Waals surface area (Å²) in [5.74, 6) is 1.86. The van der Waals surface area contributed by atoms with Crippen LogP contribution < -0.4 is 19.1 Å². The smallest absolute Gasteiger partial charge is 0.340 e. The molecule has 0 aliphatic carbocycles. The van der Waals surface area contributed by atoms with E-state index in [-0.39, 0.29) is 5.97 Å². The monoisotopic (exact) mass is 829 g/mol. The molecular weight excluding hydrogens is 757 g/mol. The Balaban J connectivity index is 1.21. The van der Waals surface area contributed by atoms with Crippen molar-refractivity contribution in [3.8, 4) is 17.2 Å². The number of aromatic nitrogens is 1. The maximum atomic E-state index is 14.1. The Morgan fingerprint density at radius 2 is 1.20 bits per heavy atom. The normalized spacial score (nSPS) is 14.6. The second-order valence-electron chi connectivity index (χ2n) is 16.8. The highest BCUT2D eigenvalue weighted by Gasteiger charge is 2.52. The zero-order valence-corrected chi connectivity index (χ0v) is 37.9. The van der Waals surface area contributed by atoms with Crippen LogP contribution in [0.3, 0.4) is 0 Å². The van der Waals surface area contributed by atoms with Gasteiger partial charge in [-0.15, -0.1) is 0 Å². The number of hydrogen-bond acceptors (Lipinski definition) is 6. The Morgan fingerprint density at radius 3 is 1.84 bits per heavy atom. The van der Waals surface area contributed by atoms with Gasteiger partial charge in [0.25, 0.3) is 0 Å². The molecule has 1 aliphatic heterocycles. The highest BCUT2D eigenvalue weighted by molar-refractivity contribution is 5.99. The molecule has 61 heavy (non-hydrogen) atoms. The minimum Gasteiger partial charge on any atom is -0.497 e. The fourth-order valence-electron chi connectivity index (χ4n) is 9.41. The Morgan fingerprint density at radius 1 is 0.623 bits per heavy atom. The highest BCUT2D eigenvalue weighted by atomic mass is 16.6. The van der Waals surface area contributed by atoms with Gasteiger partial charge < -0.3 is 28.4 Å². The van der Waals surface area contributed by atoms with Crippen molar-refractivity contribution in [2.24, 2.45) is 0 Å². The molecule has 0 saturated carbocycles. The largest absolute Gasteiger partial charge is 0.497 e. The molecule has 0 fully saturated rings. The van der Waals surface area contributed by atoms with Gasteiger partial charge in [0, 0.05) is 64.7 Å². The second kappa shape index (κ2) is 23.3. The Hall–Kier alpha value is -4.91. The van der Waals surface area contributed by atoms with Gasteiger partial charge in [0.05, 0.1) is 12.7 Å².